The standard InChI is InChI=1S/C18H12N2O2/c21-18(22)13-6-5-12-9-17-15-4-2-1-3-14(15)11-19-7-8-20(17)16(12)10-13/h1-11H,(H,21,22)/b8-7-,19-11?. The van der Waals surface area contributed by atoms with Crippen molar-refractivity contribution in [3.05, 3.63) is 65.9 Å². The minimum Gasteiger partial charge on any atom is -0.478 e. The van der Waals surface area contributed by atoms with E-state index in [1.165, 1.54) is 0 Å². The third kappa shape index (κ3) is 1.85. The fraction of sp³-hybridized carbons (Fsp3) is 0. The number of rotatable bonds is 1. The number of carbonyl (C=O) groups is 1. The summed E-state index contributed by atoms with van der Waals surface area (Å²) in [6.07, 6.45) is 5.40. The summed E-state index contributed by atoms with van der Waals surface area (Å²) in [5.41, 5.74) is 4.27. The Kier molecular flexibility index (Phi) is 2.69. The summed E-state index contributed by atoms with van der Waals surface area (Å²) in [5.74, 6) is -0.925. The van der Waals surface area contributed by atoms with Crippen molar-refractivity contribution in [3.63, 3.8) is 0 Å². The van der Waals surface area contributed by atoms with Crippen LogP contribution < -0.4 is 0 Å². The molecule has 0 aliphatic carbocycles. The lowest BCUT2D eigenvalue weighted by atomic mass is 10.0. The number of aliphatic imine (C=N–C) groups is 1. The fourth-order valence-corrected chi connectivity index (χ4v) is 2.79. The zero-order valence-electron chi connectivity index (χ0n) is 11.6. The van der Waals surface area contributed by atoms with Crippen LogP contribution in [0.25, 0.3) is 28.4 Å². The van der Waals surface area contributed by atoms with Gasteiger partial charge in [0.15, 0.2) is 0 Å². The smallest absolute Gasteiger partial charge is 0.335 e. The molecular formula is C18H12N2O2. The van der Waals surface area contributed by atoms with Crippen molar-refractivity contribution >= 4 is 29.3 Å². The van der Waals surface area contributed by atoms with Gasteiger partial charge in [-0.25, -0.2) is 4.79 Å². The van der Waals surface area contributed by atoms with Gasteiger partial charge < -0.3 is 9.67 Å². The lowest BCUT2D eigenvalue weighted by Crippen LogP contribution is -1.98. The molecule has 0 spiro atoms. The van der Waals surface area contributed by atoms with Crippen LogP contribution in [-0.2, 0) is 0 Å². The Hall–Kier alpha value is -3.14. The van der Waals surface area contributed by atoms with E-state index in [0.29, 0.717) is 0 Å². The second kappa shape index (κ2) is 4.70. The summed E-state index contributed by atoms with van der Waals surface area (Å²) in [6, 6.07) is 15.3. The summed E-state index contributed by atoms with van der Waals surface area (Å²) < 4.78 is 1.98. The molecule has 0 atom stereocenters. The monoisotopic (exact) mass is 288 g/mol. The van der Waals surface area contributed by atoms with Crippen LogP contribution in [0.3, 0.4) is 0 Å². The van der Waals surface area contributed by atoms with Crippen LogP contribution in [0.2, 0.25) is 0 Å². The van der Waals surface area contributed by atoms with E-state index >= 15 is 0 Å². The molecule has 0 amide bonds. The van der Waals surface area contributed by atoms with Gasteiger partial charge in [0, 0.05) is 35.1 Å². The van der Waals surface area contributed by atoms with E-state index < -0.39 is 5.97 Å². The molecular weight excluding hydrogens is 276 g/mol. The van der Waals surface area contributed by atoms with Crippen LogP contribution in [0.5, 0.6) is 0 Å². The molecule has 0 fully saturated rings. The zero-order valence-corrected chi connectivity index (χ0v) is 11.6. The van der Waals surface area contributed by atoms with Crippen LogP contribution in [0, 0.1) is 0 Å². The molecule has 4 rings (SSSR count). The molecule has 22 heavy (non-hydrogen) atoms. The second-order valence-corrected chi connectivity index (χ2v) is 5.14. The van der Waals surface area contributed by atoms with Gasteiger partial charge in [0.25, 0.3) is 0 Å². The third-order valence-corrected chi connectivity index (χ3v) is 3.84. The minimum absolute atomic E-state index is 0.278. The highest BCUT2D eigenvalue weighted by Crippen LogP contribution is 2.31. The molecule has 0 saturated carbocycles. The highest BCUT2D eigenvalue weighted by atomic mass is 16.4. The Morgan fingerprint density at radius 3 is 2.82 bits per heavy atom. The Morgan fingerprint density at radius 2 is 1.95 bits per heavy atom. The van der Waals surface area contributed by atoms with Gasteiger partial charge in [-0.15, -0.1) is 0 Å². The average molecular weight is 288 g/mol. The van der Waals surface area contributed by atoms with E-state index in [-0.39, 0.29) is 5.56 Å². The van der Waals surface area contributed by atoms with E-state index in [1.54, 1.807) is 18.3 Å². The van der Waals surface area contributed by atoms with Gasteiger partial charge >= 0.3 is 5.97 Å². The van der Waals surface area contributed by atoms with Crippen molar-refractivity contribution in [2.45, 2.75) is 0 Å². The van der Waals surface area contributed by atoms with Gasteiger partial charge in [-0.1, -0.05) is 30.3 Å². The Morgan fingerprint density at radius 1 is 1.09 bits per heavy atom. The maximum absolute atomic E-state index is 11.2. The van der Waals surface area contributed by atoms with Crippen LogP contribution in [0.15, 0.2) is 59.7 Å². The molecule has 2 aromatic carbocycles. The first-order chi connectivity index (χ1) is 10.7. The maximum atomic E-state index is 11.2. The SMILES string of the molecule is O=C(O)c1ccc2cc3n(c2c1)/C=C\N=Cc1ccccc1-3. The molecule has 3 aromatic rings. The Bertz CT molecular complexity index is 964. The van der Waals surface area contributed by atoms with E-state index in [2.05, 4.69) is 11.1 Å². The van der Waals surface area contributed by atoms with Crippen LogP contribution >= 0.6 is 0 Å². The largest absolute Gasteiger partial charge is 0.478 e. The van der Waals surface area contributed by atoms with Gasteiger partial charge in [0.1, 0.15) is 0 Å². The lowest BCUT2D eigenvalue weighted by molar-refractivity contribution is 0.0697. The quantitative estimate of drug-likeness (QED) is 0.739. The van der Waals surface area contributed by atoms with Crippen LogP contribution in [0.4, 0.5) is 0 Å². The first kappa shape index (κ1) is 12.6. The molecule has 1 N–H and O–H groups in total. The highest BCUT2D eigenvalue weighted by molar-refractivity contribution is 5.99. The number of aromatic carboxylic acids is 1. The maximum Gasteiger partial charge on any atom is 0.335 e. The fourth-order valence-electron chi connectivity index (χ4n) is 2.79. The lowest BCUT2D eigenvalue weighted by Gasteiger charge is -2.10. The zero-order chi connectivity index (χ0) is 15.1. The number of carboxylic acids is 1. The van der Waals surface area contributed by atoms with Crippen molar-refractivity contribution in [2.24, 2.45) is 4.99 Å². The number of carboxylic acid groups (broad SMARTS) is 1. The van der Waals surface area contributed by atoms with Crippen molar-refractivity contribution in [1.29, 1.82) is 0 Å². The Labute approximate surface area is 126 Å². The van der Waals surface area contributed by atoms with E-state index in [0.717, 1.165) is 27.7 Å². The van der Waals surface area contributed by atoms with E-state index in [9.17, 15) is 9.90 Å². The summed E-state index contributed by atoms with van der Waals surface area (Å²) in [7, 11) is 0. The van der Waals surface area contributed by atoms with Crippen molar-refractivity contribution in [2.75, 3.05) is 0 Å². The summed E-state index contributed by atoms with van der Waals surface area (Å²) >= 11 is 0. The molecule has 2 heterocycles. The summed E-state index contributed by atoms with van der Waals surface area (Å²) in [6.45, 7) is 0. The van der Waals surface area contributed by atoms with Crippen molar-refractivity contribution < 1.29 is 9.90 Å². The molecule has 106 valence electrons. The van der Waals surface area contributed by atoms with Gasteiger partial charge in [0.2, 0.25) is 0 Å². The number of fused-ring (bicyclic) bond motifs is 5. The predicted octanol–water partition coefficient (Wildman–Crippen LogP) is 3.87. The number of nitrogens with zero attached hydrogens (tertiary/aromatic N) is 2. The van der Waals surface area contributed by atoms with Gasteiger partial charge in [-0.05, 0) is 18.2 Å². The summed E-state index contributed by atoms with van der Waals surface area (Å²) in [4.78, 5) is 15.5. The molecule has 1 aromatic heterocycles. The summed E-state index contributed by atoms with van der Waals surface area (Å²) in [5, 5.41) is 10.2. The minimum atomic E-state index is -0.925. The molecule has 4 nitrogen and oxygen atoms in total. The second-order valence-electron chi connectivity index (χ2n) is 5.14. The van der Waals surface area contributed by atoms with E-state index in [1.807, 2.05) is 47.3 Å². The number of benzene rings is 2. The predicted molar refractivity (Wildman–Crippen MR) is 87.3 cm³/mol. The number of aromatic nitrogens is 1. The molecule has 0 saturated heterocycles. The van der Waals surface area contributed by atoms with Crippen LogP contribution in [0.1, 0.15) is 15.9 Å². The van der Waals surface area contributed by atoms with Gasteiger partial charge in [-0.3, -0.25) is 4.99 Å². The molecule has 0 radical (unpaired) electrons. The Balaban J connectivity index is 2.07. The highest BCUT2D eigenvalue weighted by Gasteiger charge is 2.14. The topological polar surface area (TPSA) is 54.6 Å². The molecule has 0 bridgehead atoms. The average Bonchev–Trinajstić information content (AvgIpc) is 2.86. The first-order valence-corrected chi connectivity index (χ1v) is 6.91. The molecule has 4 heteroatoms. The van der Waals surface area contributed by atoms with Gasteiger partial charge in [-0.2, -0.15) is 0 Å². The van der Waals surface area contributed by atoms with Crippen LogP contribution in [-0.4, -0.2) is 21.9 Å². The number of hydrogen-bond donors (Lipinski definition) is 1. The van der Waals surface area contributed by atoms with Crippen molar-refractivity contribution in [1.82, 2.24) is 4.57 Å². The normalized spacial score (nSPS) is 14.0. The van der Waals surface area contributed by atoms with Gasteiger partial charge in [0.05, 0.1) is 16.8 Å². The third-order valence-electron chi connectivity index (χ3n) is 3.84. The van der Waals surface area contributed by atoms with E-state index in [4.69, 9.17) is 0 Å². The number of hydrogen-bond acceptors (Lipinski definition) is 2. The molecule has 1 aliphatic heterocycles. The molecule has 0 unspecified atom stereocenters. The van der Waals surface area contributed by atoms with Crippen molar-refractivity contribution in [3.8, 4) is 11.3 Å². The molecule has 1 aliphatic rings. The first-order valence-electron chi connectivity index (χ1n) is 6.91.